The van der Waals surface area contributed by atoms with E-state index in [1.54, 1.807) is 12.3 Å². The third-order valence-electron chi connectivity index (χ3n) is 3.07. The second kappa shape index (κ2) is 6.33. The molecule has 19 heavy (non-hydrogen) atoms. The number of aliphatic hydroxyl groups is 1. The molecule has 4 nitrogen and oxygen atoms in total. The molecule has 1 aromatic carbocycles. The van der Waals surface area contributed by atoms with Crippen molar-refractivity contribution in [3.63, 3.8) is 0 Å². The van der Waals surface area contributed by atoms with Crippen molar-refractivity contribution >= 4 is 0 Å². The molecule has 0 spiro atoms. The Morgan fingerprint density at radius 3 is 2.84 bits per heavy atom. The molecule has 1 heterocycles. The minimum Gasteiger partial charge on any atom is -0.508 e. The lowest BCUT2D eigenvalue weighted by Gasteiger charge is -2.07. The molecule has 2 N–H and O–H groups in total. The van der Waals surface area contributed by atoms with Gasteiger partial charge in [0.15, 0.2) is 0 Å². The lowest BCUT2D eigenvalue weighted by Crippen LogP contribution is -2.03. The van der Waals surface area contributed by atoms with Crippen molar-refractivity contribution in [1.82, 2.24) is 9.55 Å². The van der Waals surface area contributed by atoms with Crippen molar-refractivity contribution in [2.24, 2.45) is 0 Å². The van der Waals surface area contributed by atoms with Gasteiger partial charge < -0.3 is 14.8 Å². The molecule has 1 aromatic heterocycles. The lowest BCUT2D eigenvalue weighted by molar-refractivity contribution is 0.264. The van der Waals surface area contributed by atoms with Gasteiger partial charge in [0.1, 0.15) is 24.0 Å². The van der Waals surface area contributed by atoms with Crippen LogP contribution in [0.3, 0.4) is 0 Å². The summed E-state index contributed by atoms with van der Waals surface area (Å²) < 4.78 is 15.4. The number of imidazole rings is 1. The Bertz CT molecular complexity index is 540. The van der Waals surface area contributed by atoms with Gasteiger partial charge in [-0.1, -0.05) is 6.07 Å². The van der Waals surface area contributed by atoms with E-state index in [1.807, 2.05) is 10.8 Å². The minimum absolute atomic E-state index is 0.0488. The summed E-state index contributed by atoms with van der Waals surface area (Å²) in [5.74, 6) is 0.238. The summed E-state index contributed by atoms with van der Waals surface area (Å²) >= 11 is 0. The number of aryl methyl sites for hydroxylation is 2. The van der Waals surface area contributed by atoms with Crippen molar-refractivity contribution in [2.75, 3.05) is 0 Å². The molecule has 0 saturated carbocycles. The van der Waals surface area contributed by atoms with Gasteiger partial charge in [0.05, 0.1) is 0 Å². The summed E-state index contributed by atoms with van der Waals surface area (Å²) in [5.41, 5.74) is 0.616. The Balaban J connectivity index is 1.81. The summed E-state index contributed by atoms with van der Waals surface area (Å²) in [6.45, 7) is 0.690. The molecule has 0 fully saturated rings. The standard InChI is InChI=1S/C14H17FN2O2/c15-13-9-12(19)5-4-11(13)3-1-2-7-17-8-6-16-14(17)10-18/h4-6,8-9,18-19H,1-3,7,10H2. The van der Waals surface area contributed by atoms with Crippen LogP contribution in [-0.4, -0.2) is 19.8 Å². The highest BCUT2D eigenvalue weighted by atomic mass is 19.1. The summed E-state index contributed by atoms with van der Waals surface area (Å²) in [4.78, 5) is 4.02. The van der Waals surface area contributed by atoms with Crippen molar-refractivity contribution < 1.29 is 14.6 Å². The van der Waals surface area contributed by atoms with E-state index in [0.29, 0.717) is 17.8 Å². The highest BCUT2D eigenvalue weighted by molar-refractivity contribution is 5.27. The average Bonchev–Trinajstić information content (AvgIpc) is 2.84. The van der Waals surface area contributed by atoms with Crippen LogP contribution in [0.25, 0.3) is 0 Å². The number of hydrogen-bond acceptors (Lipinski definition) is 3. The minimum atomic E-state index is -0.362. The molecule has 5 heteroatoms. The zero-order valence-electron chi connectivity index (χ0n) is 10.6. The Kier molecular flexibility index (Phi) is 4.52. The van der Waals surface area contributed by atoms with E-state index in [2.05, 4.69) is 4.98 Å². The molecule has 0 unspecified atom stereocenters. The van der Waals surface area contributed by atoms with Crippen molar-refractivity contribution in [2.45, 2.75) is 32.4 Å². The van der Waals surface area contributed by atoms with Crippen LogP contribution in [0.1, 0.15) is 24.2 Å². The first-order valence-corrected chi connectivity index (χ1v) is 6.29. The second-order valence-corrected chi connectivity index (χ2v) is 4.43. The fraction of sp³-hybridized carbons (Fsp3) is 0.357. The number of hydrogen-bond donors (Lipinski definition) is 2. The molecule has 0 saturated heterocycles. The third-order valence-corrected chi connectivity index (χ3v) is 3.07. The number of nitrogens with zero attached hydrogens (tertiary/aromatic N) is 2. The molecule has 102 valence electrons. The number of halogens is 1. The fourth-order valence-electron chi connectivity index (χ4n) is 2.03. The van der Waals surface area contributed by atoms with E-state index in [4.69, 9.17) is 10.2 Å². The molecule has 0 aliphatic carbocycles. The third kappa shape index (κ3) is 3.54. The monoisotopic (exact) mass is 264 g/mol. The van der Waals surface area contributed by atoms with Crippen molar-refractivity contribution in [1.29, 1.82) is 0 Å². The number of benzene rings is 1. The van der Waals surface area contributed by atoms with E-state index < -0.39 is 0 Å². The largest absolute Gasteiger partial charge is 0.508 e. The molecule has 2 aromatic rings. The molecule has 0 bridgehead atoms. The molecule has 0 atom stereocenters. The molecule has 0 aliphatic rings. The maximum Gasteiger partial charge on any atom is 0.134 e. The van der Waals surface area contributed by atoms with Gasteiger partial charge in [-0.25, -0.2) is 9.37 Å². The van der Waals surface area contributed by atoms with Crippen LogP contribution < -0.4 is 0 Å². The predicted molar refractivity (Wildman–Crippen MR) is 69.2 cm³/mol. The topological polar surface area (TPSA) is 58.3 Å². The highest BCUT2D eigenvalue weighted by Crippen LogP contribution is 2.17. The van der Waals surface area contributed by atoms with Gasteiger partial charge in [-0.2, -0.15) is 0 Å². The number of rotatable bonds is 6. The number of unbranched alkanes of at least 4 members (excludes halogenated alkanes) is 1. The summed E-state index contributed by atoms with van der Waals surface area (Å²) in [5, 5.41) is 18.2. The smallest absolute Gasteiger partial charge is 0.134 e. The number of aliphatic hydroxyl groups excluding tert-OH is 1. The molecular weight excluding hydrogens is 247 g/mol. The fourth-order valence-corrected chi connectivity index (χ4v) is 2.03. The van der Waals surface area contributed by atoms with Gasteiger partial charge >= 0.3 is 0 Å². The Morgan fingerprint density at radius 2 is 2.11 bits per heavy atom. The molecule has 0 radical (unpaired) electrons. The number of phenolic OH excluding ortho intramolecular Hbond substituents is 1. The van der Waals surface area contributed by atoms with E-state index in [9.17, 15) is 4.39 Å². The quantitative estimate of drug-likeness (QED) is 0.787. The zero-order valence-corrected chi connectivity index (χ0v) is 10.6. The zero-order chi connectivity index (χ0) is 13.7. The average molecular weight is 264 g/mol. The second-order valence-electron chi connectivity index (χ2n) is 4.43. The SMILES string of the molecule is OCc1nccn1CCCCc1ccc(O)cc1F. The predicted octanol–water partition coefficient (Wildman–Crippen LogP) is 2.24. The van der Waals surface area contributed by atoms with Crippen LogP contribution in [0.5, 0.6) is 5.75 Å². The maximum atomic E-state index is 13.5. The molecule has 0 amide bonds. The Morgan fingerprint density at radius 1 is 1.26 bits per heavy atom. The Labute approximate surface area is 111 Å². The van der Waals surface area contributed by atoms with Crippen LogP contribution in [0.15, 0.2) is 30.6 Å². The van der Waals surface area contributed by atoms with Crippen LogP contribution in [0, 0.1) is 5.82 Å². The number of phenols is 1. The van der Waals surface area contributed by atoms with Crippen LogP contribution >= 0.6 is 0 Å². The molecule has 2 rings (SSSR count). The maximum absolute atomic E-state index is 13.5. The molecule has 0 aliphatic heterocycles. The van der Waals surface area contributed by atoms with Crippen molar-refractivity contribution in [3.8, 4) is 5.75 Å². The summed E-state index contributed by atoms with van der Waals surface area (Å²) in [6, 6.07) is 4.24. The first-order valence-electron chi connectivity index (χ1n) is 6.29. The van der Waals surface area contributed by atoms with E-state index in [0.717, 1.165) is 25.5 Å². The summed E-state index contributed by atoms with van der Waals surface area (Å²) in [7, 11) is 0. The van der Waals surface area contributed by atoms with Crippen LogP contribution in [0.2, 0.25) is 0 Å². The number of aromatic nitrogens is 2. The van der Waals surface area contributed by atoms with E-state index in [1.165, 1.54) is 6.07 Å². The number of aromatic hydroxyl groups is 1. The summed E-state index contributed by atoms with van der Waals surface area (Å²) in [6.07, 6.45) is 5.83. The van der Waals surface area contributed by atoms with Gasteiger partial charge in [0, 0.05) is 25.0 Å². The highest BCUT2D eigenvalue weighted by Gasteiger charge is 2.04. The molecular formula is C14H17FN2O2. The first kappa shape index (κ1) is 13.5. The van der Waals surface area contributed by atoms with E-state index in [-0.39, 0.29) is 18.2 Å². The van der Waals surface area contributed by atoms with Crippen LogP contribution in [-0.2, 0) is 19.6 Å². The van der Waals surface area contributed by atoms with Crippen molar-refractivity contribution in [3.05, 3.63) is 47.8 Å². The van der Waals surface area contributed by atoms with Gasteiger partial charge in [0.25, 0.3) is 0 Å². The van der Waals surface area contributed by atoms with E-state index >= 15 is 0 Å². The normalized spacial score (nSPS) is 10.8. The lowest BCUT2D eigenvalue weighted by atomic mass is 10.1. The van der Waals surface area contributed by atoms with Gasteiger partial charge in [-0.3, -0.25) is 0 Å². The van der Waals surface area contributed by atoms with Gasteiger partial charge in [0.2, 0.25) is 0 Å². The Hall–Kier alpha value is -1.88. The van der Waals surface area contributed by atoms with Gasteiger partial charge in [-0.15, -0.1) is 0 Å². The van der Waals surface area contributed by atoms with Gasteiger partial charge in [-0.05, 0) is 30.9 Å². The first-order chi connectivity index (χ1) is 9.20. The van der Waals surface area contributed by atoms with Crippen LogP contribution in [0.4, 0.5) is 4.39 Å².